The fourth-order valence-electron chi connectivity index (χ4n) is 6.31. The molecule has 1 saturated carbocycles. The van der Waals surface area contributed by atoms with E-state index in [0.29, 0.717) is 17.5 Å². The Kier molecular flexibility index (Phi) is 5.60. The molecule has 0 aromatic heterocycles. The van der Waals surface area contributed by atoms with Gasteiger partial charge in [-0.05, 0) is 85.2 Å². The van der Waals surface area contributed by atoms with Crippen LogP contribution in [0.25, 0.3) is 6.08 Å². The number of carbonyl (C=O) groups excluding carboxylic acids is 1. The van der Waals surface area contributed by atoms with E-state index in [1.165, 1.54) is 55.0 Å². The lowest BCUT2D eigenvalue weighted by Gasteiger charge is -2.56. The maximum atomic E-state index is 12.9. The van der Waals surface area contributed by atoms with Gasteiger partial charge in [0.15, 0.2) is 0 Å². The van der Waals surface area contributed by atoms with E-state index >= 15 is 0 Å². The Morgan fingerprint density at radius 3 is 2.67 bits per heavy atom. The van der Waals surface area contributed by atoms with Crippen molar-refractivity contribution in [2.24, 2.45) is 5.92 Å². The van der Waals surface area contributed by atoms with Gasteiger partial charge in [-0.2, -0.15) is 13.2 Å². The van der Waals surface area contributed by atoms with Crippen LogP contribution in [-0.4, -0.2) is 25.5 Å². The highest BCUT2D eigenvalue weighted by Gasteiger charge is 2.51. The number of fused-ring (bicyclic) bond motifs is 1. The number of likely N-dealkylation sites (N-methyl/N-ethyl adjacent to an activating group) is 1. The van der Waals surface area contributed by atoms with Gasteiger partial charge < -0.3 is 10.2 Å². The van der Waals surface area contributed by atoms with Crippen LogP contribution < -0.4 is 10.2 Å². The summed E-state index contributed by atoms with van der Waals surface area (Å²) in [5.41, 5.74) is 3.77. The molecule has 2 aromatic carbocycles. The van der Waals surface area contributed by atoms with Gasteiger partial charge in [-0.25, -0.2) is 0 Å². The third kappa shape index (κ3) is 3.99. The number of carbonyl (C=O) groups is 1. The number of anilines is 1. The first-order chi connectivity index (χ1) is 15.8. The van der Waals surface area contributed by atoms with Gasteiger partial charge in [0.1, 0.15) is 0 Å². The number of benzene rings is 2. The first-order valence-corrected chi connectivity index (χ1v) is 11.8. The molecule has 0 radical (unpaired) electrons. The maximum absolute atomic E-state index is 12.9. The number of amides is 1. The first kappa shape index (κ1) is 22.2. The number of hydrogen-bond donors (Lipinski definition) is 1. The lowest BCUT2D eigenvalue weighted by atomic mass is 9.53. The smallest absolute Gasteiger partial charge is 0.313 e. The van der Waals surface area contributed by atoms with Crippen LogP contribution in [0.4, 0.5) is 18.9 Å². The van der Waals surface area contributed by atoms with Crippen LogP contribution in [0, 0.1) is 5.92 Å². The zero-order chi connectivity index (χ0) is 23.2. The maximum Gasteiger partial charge on any atom is 0.416 e. The molecule has 1 heterocycles. The van der Waals surface area contributed by atoms with Crippen molar-refractivity contribution in [2.75, 3.05) is 18.5 Å². The molecular weight excluding hydrogens is 425 g/mol. The second-order valence-electron chi connectivity index (χ2n) is 9.71. The summed E-state index contributed by atoms with van der Waals surface area (Å²) in [4.78, 5) is 14.5. The molecule has 174 valence electrons. The van der Waals surface area contributed by atoms with Crippen molar-refractivity contribution in [3.05, 3.63) is 70.8 Å². The van der Waals surface area contributed by atoms with E-state index in [-0.39, 0.29) is 11.3 Å². The third-order valence-electron chi connectivity index (χ3n) is 8.01. The van der Waals surface area contributed by atoms with Crippen molar-refractivity contribution < 1.29 is 18.0 Å². The van der Waals surface area contributed by atoms with Crippen molar-refractivity contribution in [1.82, 2.24) is 5.32 Å². The monoisotopic (exact) mass is 454 g/mol. The van der Waals surface area contributed by atoms with E-state index in [4.69, 9.17) is 0 Å². The minimum absolute atomic E-state index is 0.202. The van der Waals surface area contributed by atoms with Crippen molar-refractivity contribution in [3.8, 4) is 0 Å². The molecule has 2 aliphatic carbocycles. The van der Waals surface area contributed by atoms with Crippen LogP contribution in [0.15, 0.2) is 48.5 Å². The number of nitrogens with zero attached hydrogens (tertiary/aromatic N) is 1. The topological polar surface area (TPSA) is 32.3 Å². The van der Waals surface area contributed by atoms with E-state index in [9.17, 15) is 18.0 Å². The number of hydrogen-bond acceptors (Lipinski definition) is 2. The molecule has 3 aliphatic rings. The number of rotatable bonds is 3. The van der Waals surface area contributed by atoms with E-state index in [0.717, 1.165) is 37.2 Å². The fraction of sp³-hybridized carbons (Fsp3) is 0.444. The lowest BCUT2D eigenvalue weighted by Crippen LogP contribution is -2.59. The molecule has 1 amide bonds. The van der Waals surface area contributed by atoms with Gasteiger partial charge in [-0.15, -0.1) is 0 Å². The molecule has 0 unspecified atom stereocenters. The summed E-state index contributed by atoms with van der Waals surface area (Å²) in [6, 6.07) is 11.8. The summed E-state index contributed by atoms with van der Waals surface area (Å²) in [5, 5.41) is 3.75. The standard InChI is InChI=1S/C27H29F3N2O/c1-32(25(33)12-7-18-5-9-20(10-6-18)27(28,29)30)21-11-8-19-16-24-22-4-2-3-13-26(22,14-15-31-24)23(19)17-21/h5-12,17,22,24,31H,2-4,13-16H2,1H3/t22-,24+,26+/m0/s1. The average molecular weight is 455 g/mol. The van der Waals surface area contributed by atoms with Crippen LogP contribution >= 0.6 is 0 Å². The van der Waals surface area contributed by atoms with Gasteiger partial charge in [0, 0.05) is 30.3 Å². The molecule has 3 nitrogen and oxygen atoms in total. The normalized spacial score (nSPS) is 26.5. The second-order valence-corrected chi connectivity index (χ2v) is 9.71. The Morgan fingerprint density at radius 2 is 1.91 bits per heavy atom. The Bertz CT molecular complexity index is 1070. The van der Waals surface area contributed by atoms with Crippen LogP contribution in [0.3, 0.4) is 0 Å². The van der Waals surface area contributed by atoms with Crippen LogP contribution in [0.1, 0.15) is 54.4 Å². The van der Waals surface area contributed by atoms with Crippen LogP contribution in [0.5, 0.6) is 0 Å². The summed E-state index contributed by atoms with van der Waals surface area (Å²) in [7, 11) is 1.76. The molecule has 3 atom stereocenters. The fourth-order valence-corrected chi connectivity index (χ4v) is 6.31. The van der Waals surface area contributed by atoms with Gasteiger partial charge in [0.2, 0.25) is 0 Å². The number of piperidine rings is 1. The largest absolute Gasteiger partial charge is 0.416 e. The summed E-state index contributed by atoms with van der Waals surface area (Å²) >= 11 is 0. The molecule has 0 spiro atoms. The zero-order valence-corrected chi connectivity index (χ0v) is 18.8. The van der Waals surface area contributed by atoms with Crippen LogP contribution in [-0.2, 0) is 22.8 Å². The Morgan fingerprint density at radius 1 is 1.12 bits per heavy atom. The SMILES string of the molecule is CN(C(=O)C=Cc1ccc(C(F)(F)F)cc1)c1ccc2c(c1)[C@@]13CCCC[C@H]1[C@@H](C2)NCC3. The molecule has 6 heteroatoms. The van der Waals surface area contributed by atoms with E-state index < -0.39 is 11.7 Å². The van der Waals surface area contributed by atoms with Gasteiger partial charge >= 0.3 is 6.18 Å². The molecule has 1 saturated heterocycles. The molecule has 2 bridgehead atoms. The Balaban J connectivity index is 1.37. The molecule has 33 heavy (non-hydrogen) atoms. The van der Waals surface area contributed by atoms with E-state index in [1.54, 1.807) is 18.0 Å². The molecule has 1 aliphatic heterocycles. The number of nitrogens with one attached hydrogen (secondary N) is 1. The first-order valence-electron chi connectivity index (χ1n) is 11.8. The third-order valence-corrected chi connectivity index (χ3v) is 8.01. The molecular formula is C27H29F3N2O. The van der Waals surface area contributed by atoms with Crippen molar-refractivity contribution in [2.45, 2.75) is 56.2 Å². The molecule has 2 aromatic rings. The quantitative estimate of drug-likeness (QED) is 0.601. The summed E-state index contributed by atoms with van der Waals surface area (Å²) < 4.78 is 38.2. The van der Waals surface area contributed by atoms with Gasteiger partial charge in [-0.1, -0.05) is 31.0 Å². The van der Waals surface area contributed by atoms with Gasteiger partial charge in [0.25, 0.3) is 5.91 Å². The Labute approximate surface area is 192 Å². The Hall–Kier alpha value is -2.60. The minimum atomic E-state index is -4.37. The van der Waals surface area contributed by atoms with Gasteiger partial charge in [0.05, 0.1) is 5.56 Å². The second kappa shape index (κ2) is 8.32. The lowest BCUT2D eigenvalue weighted by molar-refractivity contribution is -0.137. The predicted octanol–water partition coefficient (Wildman–Crippen LogP) is 5.73. The van der Waals surface area contributed by atoms with E-state index in [2.05, 4.69) is 17.4 Å². The highest BCUT2D eigenvalue weighted by atomic mass is 19.4. The highest BCUT2D eigenvalue weighted by Crippen LogP contribution is 2.54. The predicted molar refractivity (Wildman–Crippen MR) is 124 cm³/mol. The number of alkyl halides is 3. The van der Waals surface area contributed by atoms with Crippen molar-refractivity contribution >= 4 is 17.7 Å². The molecule has 2 fully saturated rings. The minimum Gasteiger partial charge on any atom is -0.313 e. The van der Waals surface area contributed by atoms with Crippen molar-refractivity contribution in [1.29, 1.82) is 0 Å². The molecule has 5 rings (SSSR count). The highest BCUT2D eigenvalue weighted by molar-refractivity contribution is 6.03. The summed E-state index contributed by atoms with van der Waals surface area (Å²) in [6.45, 7) is 1.05. The van der Waals surface area contributed by atoms with Crippen LogP contribution in [0.2, 0.25) is 0 Å². The van der Waals surface area contributed by atoms with E-state index in [1.807, 2.05) is 6.07 Å². The summed E-state index contributed by atoms with van der Waals surface area (Å²) in [5.74, 6) is 0.467. The zero-order valence-electron chi connectivity index (χ0n) is 18.8. The summed E-state index contributed by atoms with van der Waals surface area (Å²) in [6.07, 6.45) is 5.86. The van der Waals surface area contributed by atoms with Gasteiger partial charge in [-0.3, -0.25) is 4.79 Å². The number of halogens is 3. The average Bonchev–Trinajstić information content (AvgIpc) is 2.81. The van der Waals surface area contributed by atoms with Crippen molar-refractivity contribution in [3.63, 3.8) is 0 Å². The molecule has 1 N–H and O–H groups in total.